The maximum atomic E-state index is 12.3. The molecule has 2 aliphatic rings. The van der Waals surface area contributed by atoms with Gasteiger partial charge in [-0.25, -0.2) is 0 Å². The minimum Gasteiger partial charge on any atom is -0.352 e. The van der Waals surface area contributed by atoms with E-state index >= 15 is 0 Å². The first kappa shape index (κ1) is 23.2. The van der Waals surface area contributed by atoms with Crippen LogP contribution in [0.3, 0.4) is 0 Å². The lowest BCUT2D eigenvalue weighted by Crippen LogP contribution is -2.49. The number of carbonyl (C=O) groups is 1. The van der Waals surface area contributed by atoms with Crippen LogP contribution in [0.2, 0.25) is 0 Å². The number of likely N-dealkylation sites (tertiary alicyclic amines) is 1. The van der Waals surface area contributed by atoms with Crippen LogP contribution in [-0.4, -0.2) is 37.0 Å². The van der Waals surface area contributed by atoms with E-state index in [1.54, 1.807) is 0 Å². The quantitative estimate of drug-likeness (QED) is 0.767. The molecular weight excluding hydrogens is 369 g/mol. The summed E-state index contributed by atoms with van der Waals surface area (Å²) in [7, 11) is 0. The van der Waals surface area contributed by atoms with Crippen molar-refractivity contribution in [3.05, 3.63) is 35.4 Å². The Labute approximate surface area is 170 Å². The average molecular weight is 402 g/mol. The largest absolute Gasteiger partial charge is 0.352 e. The molecule has 0 bridgehead atoms. The van der Waals surface area contributed by atoms with Crippen LogP contribution >= 0.6 is 24.8 Å². The fourth-order valence-corrected chi connectivity index (χ4v) is 3.64. The number of nitrogens with one attached hydrogen (secondary N) is 2. The third kappa shape index (κ3) is 6.41. The van der Waals surface area contributed by atoms with Crippen LogP contribution in [0.25, 0.3) is 0 Å². The third-order valence-corrected chi connectivity index (χ3v) is 5.60. The third-order valence-electron chi connectivity index (χ3n) is 5.60. The van der Waals surface area contributed by atoms with Crippen LogP contribution in [0.4, 0.5) is 0 Å². The van der Waals surface area contributed by atoms with Gasteiger partial charge in [-0.1, -0.05) is 44.0 Å². The molecule has 4 nitrogen and oxygen atoms in total. The van der Waals surface area contributed by atoms with Gasteiger partial charge >= 0.3 is 0 Å². The summed E-state index contributed by atoms with van der Waals surface area (Å²) in [5.41, 5.74) is 2.62. The SMILES string of the molecule is CC(C(=O)NCc1ccccc1CN1CCCCCC1)C1CNC1.Cl.Cl. The normalized spacial score (nSPS) is 19.3. The zero-order valence-corrected chi connectivity index (χ0v) is 17.3. The van der Waals surface area contributed by atoms with Gasteiger partial charge in [0.15, 0.2) is 0 Å². The Hall–Kier alpha value is -0.810. The zero-order valence-electron chi connectivity index (χ0n) is 15.7. The summed E-state index contributed by atoms with van der Waals surface area (Å²) < 4.78 is 0. The van der Waals surface area contributed by atoms with E-state index in [9.17, 15) is 4.79 Å². The minimum absolute atomic E-state index is 0. The fourth-order valence-electron chi connectivity index (χ4n) is 3.64. The molecule has 6 heteroatoms. The van der Waals surface area contributed by atoms with E-state index in [-0.39, 0.29) is 36.6 Å². The van der Waals surface area contributed by atoms with Gasteiger partial charge in [-0.05, 0) is 56.1 Å². The lowest BCUT2D eigenvalue weighted by atomic mass is 9.88. The molecule has 0 spiro atoms. The molecule has 26 heavy (non-hydrogen) atoms. The maximum absolute atomic E-state index is 12.3. The number of amides is 1. The second-order valence-corrected chi connectivity index (χ2v) is 7.38. The standard InChI is InChI=1S/C20H31N3O.2ClH/c1-16(19-12-21-13-19)20(24)22-14-17-8-4-5-9-18(17)15-23-10-6-2-3-7-11-23;;/h4-5,8-9,16,19,21H,2-3,6-7,10-15H2,1H3,(H,22,24);2*1H. The number of hydrogen-bond donors (Lipinski definition) is 2. The molecule has 0 radical (unpaired) electrons. The number of rotatable bonds is 6. The molecule has 1 atom stereocenters. The van der Waals surface area contributed by atoms with Crippen molar-refractivity contribution in [3.8, 4) is 0 Å². The summed E-state index contributed by atoms with van der Waals surface area (Å²) >= 11 is 0. The van der Waals surface area contributed by atoms with Crippen LogP contribution in [-0.2, 0) is 17.9 Å². The van der Waals surface area contributed by atoms with Gasteiger partial charge in [-0.3, -0.25) is 9.69 Å². The number of nitrogens with zero attached hydrogens (tertiary/aromatic N) is 1. The van der Waals surface area contributed by atoms with Crippen molar-refractivity contribution in [2.45, 2.75) is 45.7 Å². The van der Waals surface area contributed by atoms with Gasteiger partial charge in [0.25, 0.3) is 0 Å². The van der Waals surface area contributed by atoms with Crippen LogP contribution in [0, 0.1) is 11.8 Å². The molecular formula is C20H33Cl2N3O. The predicted molar refractivity (Wildman–Crippen MR) is 112 cm³/mol. The molecule has 1 unspecified atom stereocenters. The van der Waals surface area contributed by atoms with Crippen LogP contribution in [0.5, 0.6) is 0 Å². The van der Waals surface area contributed by atoms with E-state index in [2.05, 4.69) is 39.8 Å². The summed E-state index contributed by atoms with van der Waals surface area (Å²) in [6, 6.07) is 8.56. The smallest absolute Gasteiger partial charge is 0.223 e. The van der Waals surface area contributed by atoms with Crippen molar-refractivity contribution >= 4 is 30.7 Å². The van der Waals surface area contributed by atoms with Crippen LogP contribution in [0.15, 0.2) is 24.3 Å². The molecule has 0 aliphatic carbocycles. The molecule has 1 aromatic rings. The molecule has 1 amide bonds. The average Bonchev–Trinajstić information content (AvgIpc) is 2.81. The van der Waals surface area contributed by atoms with Gasteiger partial charge in [0, 0.05) is 19.0 Å². The first-order valence-electron chi connectivity index (χ1n) is 9.51. The number of benzene rings is 1. The molecule has 2 aliphatic heterocycles. The lowest BCUT2D eigenvalue weighted by Gasteiger charge is -2.31. The van der Waals surface area contributed by atoms with Crippen molar-refractivity contribution < 1.29 is 4.79 Å². The van der Waals surface area contributed by atoms with Crippen molar-refractivity contribution in [1.29, 1.82) is 0 Å². The summed E-state index contributed by atoms with van der Waals surface area (Å²) in [5, 5.41) is 6.40. The predicted octanol–water partition coefficient (Wildman–Crippen LogP) is 3.38. The Morgan fingerprint density at radius 1 is 1.12 bits per heavy atom. The molecule has 2 fully saturated rings. The monoisotopic (exact) mass is 401 g/mol. The van der Waals surface area contributed by atoms with Gasteiger partial charge in [0.2, 0.25) is 5.91 Å². The van der Waals surface area contributed by atoms with E-state index in [1.807, 2.05) is 6.92 Å². The summed E-state index contributed by atoms with van der Waals surface area (Å²) in [5.74, 6) is 0.785. The second-order valence-electron chi connectivity index (χ2n) is 7.38. The zero-order chi connectivity index (χ0) is 16.8. The maximum Gasteiger partial charge on any atom is 0.223 e. The van der Waals surface area contributed by atoms with Gasteiger partial charge < -0.3 is 10.6 Å². The van der Waals surface area contributed by atoms with E-state index in [0.717, 1.165) is 19.6 Å². The molecule has 1 aromatic carbocycles. The van der Waals surface area contributed by atoms with Crippen molar-refractivity contribution in [1.82, 2.24) is 15.5 Å². The van der Waals surface area contributed by atoms with Gasteiger partial charge in [0.05, 0.1) is 0 Å². The van der Waals surface area contributed by atoms with E-state index in [0.29, 0.717) is 12.5 Å². The van der Waals surface area contributed by atoms with Crippen molar-refractivity contribution in [2.75, 3.05) is 26.2 Å². The van der Waals surface area contributed by atoms with E-state index < -0.39 is 0 Å². The van der Waals surface area contributed by atoms with Crippen molar-refractivity contribution in [2.24, 2.45) is 11.8 Å². The molecule has 0 saturated carbocycles. The summed E-state index contributed by atoms with van der Waals surface area (Å²) in [6.07, 6.45) is 5.35. The molecule has 2 saturated heterocycles. The highest BCUT2D eigenvalue weighted by molar-refractivity contribution is 5.85. The van der Waals surface area contributed by atoms with Crippen LogP contribution in [0.1, 0.15) is 43.7 Å². The number of carbonyl (C=O) groups excluding carboxylic acids is 1. The molecule has 0 aromatic heterocycles. The Bertz CT molecular complexity index is 544. The lowest BCUT2D eigenvalue weighted by molar-refractivity contribution is -0.126. The Balaban J connectivity index is 0.00000169. The van der Waals surface area contributed by atoms with Gasteiger partial charge in [-0.2, -0.15) is 0 Å². The molecule has 2 heterocycles. The summed E-state index contributed by atoms with van der Waals surface area (Å²) in [4.78, 5) is 14.9. The highest BCUT2D eigenvalue weighted by Crippen LogP contribution is 2.18. The minimum atomic E-state index is 0. The molecule has 2 N–H and O–H groups in total. The van der Waals surface area contributed by atoms with Gasteiger partial charge in [-0.15, -0.1) is 24.8 Å². The Morgan fingerprint density at radius 2 is 1.73 bits per heavy atom. The van der Waals surface area contributed by atoms with Crippen molar-refractivity contribution in [3.63, 3.8) is 0 Å². The molecule has 3 rings (SSSR count). The number of halogens is 2. The fraction of sp³-hybridized carbons (Fsp3) is 0.650. The number of hydrogen-bond acceptors (Lipinski definition) is 3. The van der Waals surface area contributed by atoms with E-state index in [4.69, 9.17) is 0 Å². The highest BCUT2D eigenvalue weighted by Gasteiger charge is 2.28. The second kappa shape index (κ2) is 11.8. The highest BCUT2D eigenvalue weighted by atomic mass is 35.5. The summed E-state index contributed by atoms with van der Waals surface area (Å²) in [6.45, 7) is 8.05. The Kier molecular flexibility index (Phi) is 10.6. The molecule has 148 valence electrons. The Morgan fingerprint density at radius 3 is 2.31 bits per heavy atom. The van der Waals surface area contributed by atoms with Crippen LogP contribution < -0.4 is 10.6 Å². The van der Waals surface area contributed by atoms with Gasteiger partial charge in [0.1, 0.15) is 0 Å². The van der Waals surface area contributed by atoms with E-state index in [1.165, 1.54) is 49.9 Å². The first-order chi connectivity index (χ1) is 11.7. The first-order valence-corrected chi connectivity index (χ1v) is 9.51. The topological polar surface area (TPSA) is 44.4 Å².